The monoisotopic (exact) mass is 309 g/mol. The fourth-order valence-corrected chi connectivity index (χ4v) is 3.40. The standard InChI is InChI=1S/C19H23N3O/c1-13-12-22(8-9-23-13)19(20)21-18-11-17(18)16-7-6-14-4-2-3-5-15(14)10-16/h2-7,10,13,17-18H,8-9,11-12H2,1H3,(H2,20,21)/t13?,17-,18+/m0/s1. The minimum atomic E-state index is 0.230. The molecule has 4 rings (SSSR count). The van der Waals surface area contributed by atoms with Crippen LogP contribution in [0.3, 0.4) is 0 Å². The van der Waals surface area contributed by atoms with E-state index < -0.39 is 0 Å². The van der Waals surface area contributed by atoms with Gasteiger partial charge in [0.25, 0.3) is 0 Å². The molecule has 0 bridgehead atoms. The lowest BCUT2D eigenvalue weighted by Gasteiger charge is -2.31. The van der Waals surface area contributed by atoms with Gasteiger partial charge in [0.05, 0.1) is 18.8 Å². The smallest absolute Gasteiger partial charge is 0.191 e. The average Bonchev–Trinajstić information content (AvgIpc) is 3.33. The molecular formula is C19H23N3O. The second kappa shape index (κ2) is 5.85. The summed E-state index contributed by atoms with van der Waals surface area (Å²) in [6, 6.07) is 15.5. The van der Waals surface area contributed by atoms with Crippen LogP contribution in [-0.4, -0.2) is 42.7 Å². The zero-order valence-corrected chi connectivity index (χ0v) is 13.5. The Morgan fingerprint density at radius 2 is 2.04 bits per heavy atom. The second-order valence-electron chi connectivity index (χ2n) is 6.63. The Labute approximate surface area is 136 Å². The maximum absolute atomic E-state index is 6.20. The van der Waals surface area contributed by atoms with Crippen molar-refractivity contribution >= 4 is 16.7 Å². The molecule has 2 aromatic carbocycles. The van der Waals surface area contributed by atoms with E-state index in [9.17, 15) is 0 Å². The van der Waals surface area contributed by atoms with Crippen molar-refractivity contribution in [3.63, 3.8) is 0 Å². The van der Waals surface area contributed by atoms with Crippen molar-refractivity contribution in [2.45, 2.75) is 31.4 Å². The van der Waals surface area contributed by atoms with Crippen molar-refractivity contribution in [1.82, 2.24) is 4.90 Å². The second-order valence-corrected chi connectivity index (χ2v) is 6.63. The minimum Gasteiger partial charge on any atom is -0.375 e. The van der Waals surface area contributed by atoms with Gasteiger partial charge in [-0.15, -0.1) is 0 Å². The van der Waals surface area contributed by atoms with Gasteiger partial charge in [-0.2, -0.15) is 0 Å². The number of rotatable bonds is 2. The summed E-state index contributed by atoms with van der Waals surface area (Å²) in [4.78, 5) is 6.89. The van der Waals surface area contributed by atoms with Gasteiger partial charge in [0.15, 0.2) is 5.96 Å². The zero-order valence-electron chi connectivity index (χ0n) is 13.5. The van der Waals surface area contributed by atoms with Gasteiger partial charge in [-0.1, -0.05) is 42.5 Å². The molecule has 2 fully saturated rings. The summed E-state index contributed by atoms with van der Waals surface area (Å²) in [6.45, 7) is 4.49. The summed E-state index contributed by atoms with van der Waals surface area (Å²) in [5.41, 5.74) is 7.58. The number of hydrogen-bond acceptors (Lipinski definition) is 2. The third-order valence-electron chi connectivity index (χ3n) is 4.82. The lowest BCUT2D eigenvalue weighted by molar-refractivity contribution is 0.00528. The molecule has 1 unspecified atom stereocenters. The van der Waals surface area contributed by atoms with Crippen LogP contribution < -0.4 is 5.73 Å². The highest BCUT2D eigenvalue weighted by Gasteiger charge is 2.39. The lowest BCUT2D eigenvalue weighted by Crippen LogP contribution is -2.48. The molecule has 0 radical (unpaired) electrons. The van der Waals surface area contributed by atoms with E-state index in [0.29, 0.717) is 17.9 Å². The number of ether oxygens (including phenoxy) is 1. The molecule has 120 valence electrons. The molecule has 0 aromatic heterocycles. The van der Waals surface area contributed by atoms with E-state index >= 15 is 0 Å². The summed E-state index contributed by atoms with van der Waals surface area (Å²) in [6.07, 6.45) is 1.33. The molecule has 1 saturated carbocycles. The maximum atomic E-state index is 6.20. The predicted molar refractivity (Wildman–Crippen MR) is 93.7 cm³/mol. The quantitative estimate of drug-likeness (QED) is 0.685. The Balaban J connectivity index is 1.47. The van der Waals surface area contributed by atoms with Crippen LogP contribution in [0.5, 0.6) is 0 Å². The van der Waals surface area contributed by atoms with E-state index in [4.69, 9.17) is 15.5 Å². The van der Waals surface area contributed by atoms with Crippen molar-refractivity contribution in [2.75, 3.05) is 19.7 Å². The van der Waals surface area contributed by atoms with E-state index in [2.05, 4.69) is 54.3 Å². The van der Waals surface area contributed by atoms with Crippen LogP contribution in [0.1, 0.15) is 24.8 Å². The van der Waals surface area contributed by atoms with Crippen molar-refractivity contribution in [2.24, 2.45) is 10.7 Å². The number of nitrogens with zero attached hydrogens (tertiary/aromatic N) is 2. The third kappa shape index (κ3) is 3.04. The fraction of sp³-hybridized carbons (Fsp3) is 0.421. The number of guanidine groups is 1. The first kappa shape index (κ1) is 14.5. The Morgan fingerprint density at radius 1 is 1.22 bits per heavy atom. The van der Waals surface area contributed by atoms with Crippen LogP contribution in [0.4, 0.5) is 0 Å². The topological polar surface area (TPSA) is 50.8 Å². The van der Waals surface area contributed by atoms with E-state index in [1.54, 1.807) is 0 Å². The van der Waals surface area contributed by atoms with Gasteiger partial charge in [-0.05, 0) is 29.7 Å². The van der Waals surface area contributed by atoms with Gasteiger partial charge in [0, 0.05) is 19.0 Å². The molecule has 23 heavy (non-hydrogen) atoms. The number of morpholine rings is 1. The third-order valence-corrected chi connectivity index (χ3v) is 4.82. The molecule has 2 aliphatic rings. The Hall–Kier alpha value is -2.07. The van der Waals surface area contributed by atoms with Crippen molar-refractivity contribution < 1.29 is 4.74 Å². The molecule has 0 spiro atoms. The first-order valence-electron chi connectivity index (χ1n) is 8.39. The average molecular weight is 309 g/mol. The van der Waals surface area contributed by atoms with E-state index in [0.717, 1.165) is 26.1 Å². The molecule has 1 aliphatic carbocycles. The van der Waals surface area contributed by atoms with Gasteiger partial charge in [-0.25, -0.2) is 4.99 Å². The highest BCUT2D eigenvalue weighted by Crippen LogP contribution is 2.44. The minimum absolute atomic E-state index is 0.230. The summed E-state index contributed by atoms with van der Waals surface area (Å²) >= 11 is 0. The fourth-order valence-electron chi connectivity index (χ4n) is 3.40. The first-order valence-corrected chi connectivity index (χ1v) is 8.39. The number of nitrogens with two attached hydrogens (primary N) is 1. The van der Waals surface area contributed by atoms with Crippen molar-refractivity contribution in [3.8, 4) is 0 Å². The van der Waals surface area contributed by atoms with E-state index in [1.165, 1.54) is 16.3 Å². The Bertz CT molecular complexity index is 742. The zero-order chi connectivity index (χ0) is 15.8. The predicted octanol–water partition coefficient (Wildman–Crippen LogP) is 2.73. The van der Waals surface area contributed by atoms with Crippen molar-refractivity contribution in [3.05, 3.63) is 48.0 Å². The maximum Gasteiger partial charge on any atom is 0.191 e. The van der Waals surface area contributed by atoms with Gasteiger partial charge >= 0.3 is 0 Å². The van der Waals surface area contributed by atoms with Crippen LogP contribution in [0, 0.1) is 0 Å². The number of aliphatic imine (C=N–C) groups is 1. The first-order chi connectivity index (χ1) is 11.2. The molecule has 1 aliphatic heterocycles. The molecule has 2 N–H and O–H groups in total. The summed E-state index contributed by atoms with van der Waals surface area (Å²) < 4.78 is 5.56. The Morgan fingerprint density at radius 3 is 2.87 bits per heavy atom. The van der Waals surface area contributed by atoms with Gasteiger partial charge in [0.2, 0.25) is 0 Å². The molecular weight excluding hydrogens is 286 g/mol. The molecule has 0 amide bonds. The Kier molecular flexibility index (Phi) is 3.69. The van der Waals surface area contributed by atoms with Crippen molar-refractivity contribution in [1.29, 1.82) is 0 Å². The van der Waals surface area contributed by atoms with Crippen LogP contribution in [0.25, 0.3) is 10.8 Å². The van der Waals surface area contributed by atoms with Crippen LogP contribution in [0.15, 0.2) is 47.5 Å². The SMILES string of the molecule is CC1CN(C(N)=N[C@@H]2C[C@H]2c2ccc3ccccc3c2)CCO1. The number of hydrogen-bond donors (Lipinski definition) is 1. The largest absolute Gasteiger partial charge is 0.375 e. The molecule has 2 aromatic rings. The lowest BCUT2D eigenvalue weighted by atomic mass is 10.0. The molecule has 3 atom stereocenters. The van der Waals surface area contributed by atoms with E-state index in [1.807, 2.05) is 0 Å². The van der Waals surface area contributed by atoms with Gasteiger partial charge in [0.1, 0.15) is 0 Å². The van der Waals surface area contributed by atoms with Gasteiger partial charge < -0.3 is 15.4 Å². The molecule has 4 nitrogen and oxygen atoms in total. The normalized spacial score (nSPS) is 28.1. The summed E-state index contributed by atoms with van der Waals surface area (Å²) in [5, 5.41) is 2.59. The molecule has 1 heterocycles. The van der Waals surface area contributed by atoms with Crippen LogP contribution in [0.2, 0.25) is 0 Å². The van der Waals surface area contributed by atoms with Crippen LogP contribution in [-0.2, 0) is 4.74 Å². The summed E-state index contributed by atoms with van der Waals surface area (Å²) in [7, 11) is 0. The highest BCUT2D eigenvalue weighted by molar-refractivity contribution is 5.83. The molecule has 4 heteroatoms. The highest BCUT2D eigenvalue weighted by atomic mass is 16.5. The van der Waals surface area contributed by atoms with E-state index in [-0.39, 0.29) is 6.10 Å². The number of benzene rings is 2. The van der Waals surface area contributed by atoms with Gasteiger partial charge in [-0.3, -0.25) is 0 Å². The van der Waals surface area contributed by atoms with Crippen LogP contribution >= 0.6 is 0 Å². The summed E-state index contributed by atoms with van der Waals surface area (Å²) in [5.74, 6) is 1.19. The molecule has 1 saturated heterocycles. The number of fused-ring (bicyclic) bond motifs is 1.